The average molecular weight is 263 g/mol. The molecular weight excluding hydrogens is 246 g/mol. The van der Waals surface area contributed by atoms with Gasteiger partial charge in [-0.2, -0.15) is 5.01 Å². The molecule has 9 nitrogen and oxygen atoms in total. The predicted molar refractivity (Wildman–Crippen MR) is 59.1 cm³/mol. The first-order chi connectivity index (χ1) is 8.42. The number of nitrogens with one attached hydrogen (secondary N) is 1. The van der Waals surface area contributed by atoms with E-state index in [-0.39, 0.29) is 13.0 Å². The van der Waals surface area contributed by atoms with E-state index in [1.54, 1.807) is 0 Å². The first kappa shape index (κ1) is 14.8. The highest BCUT2D eigenvalue weighted by Crippen LogP contribution is 2.25. The van der Waals surface area contributed by atoms with Crippen LogP contribution >= 0.6 is 0 Å². The molecule has 0 aromatic carbocycles. The molecule has 1 saturated carbocycles. The Morgan fingerprint density at radius 3 is 2.50 bits per heavy atom. The summed E-state index contributed by atoms with van der Waals surface area (Å²) >= 11 is 0. The standard InChI is InChI=1S/C9H17N3O6/c1-12(11-18)9(17)10-6-5(14)2-4(3-13)7(15)8(6)16/h4-8,13-16H,2-3H2,1H3,(H,10,17)/t4-,5+,6+,7-,8-/m1/s1. The van der Waals surface area contributed by atoms with Gasteiger partial charge in [0.15, 0.2) is 0 Å². The molecule has 0 heterocycles. The third kappa shape index (κ3) is 2.93. The number of hydrogen-bond acceptors (Lipinski definition) is 7. The van der Waals surface area contributed by atoms with Gasteiger partial charge in [0.1, 0.15) is 6.10 Å². The van der Waals surface area contributed by atoms with Crippen LogP contribution in [0.15, 0.2) is 5.29 Å². The van der Waals surface area contributed by atoms with Gasteiger partial charge in [0.05, 0.1) is 23.5 Å². The summed E-state index contributed by atoms with van der Waals surface area (Å²) in [6.07, 6.45) is -3.81. The molecule has 0 aromatic rings. The molecule has 18 heavy (non-hydrogen) atoms. The van der Waals surface area contributed by atoms with Crippen molar-refractivity contribution in [1.29, 1.82) is 0 Å². The zero-order valence-corrected chi connectivity index (χ0v) is 9.80. The fourth-order valence-electron chi connectivity index (χ4n) is 1.95. The van der Waals surface area contributed by atoms with Gasteiger partial charge in [-0.05, 0) is 6.42 Å². The van der Waals surface area contributed by atoms with Gasteiger partial charge in [0.2, 0.25) is 0 Å². The van der Waals surface area contributed by atoms with Crippen LogP contribution in [0.3, 0.4) is 0 Å². The summed E-state index contributed by atoms with van der Waals surface area (Å²) < 4.78 is 0. The molecule has 9 heteroatoms. The number of hydrogen-bond donors (Lipinski definition) is 5. The molecular formula is C9H17N3O6. The highest BCUT2D eigenvalue weighted by Gasteiger charge is 2.43. The van der Waals surface area contributed by atoms with Crippen LogP contribution in [0, 0.1) is 10.8 Å². The molecule has 104 valence electrons. The van der Waals surface area contributed by atoms with E-state index >= 15 is 0 Å². The fraction of sp³-hybridized carbons (Fsp3) is 0.889. The molecule has 1 fully saturated rings. The summed E-state index contributed by atoms with van der Waals surface area (Å²) in [5, 5.41) is 43.1. The minimum atomic E-state index is -1.44. The van der Waals surface area contributed by atoms with Crippen molar-refractivity contribution < 1.29 is 25.2 Å². The lowest BCUT2D eigenvalue weighted by Crippen LogP contribution is -2.62. The Labute approximate surface area is 103 Å². The number of amides is 2. The minimum absolute atomic E-state index is 0.0257. The van der Waals surface area contributed by atoms with E-state index in [1.165, 1.54) is 0 Å². The molecule has 0 spiro atoms. The minimum Gasteiger partial charge on any atom is -0.396 e. The van der Waals surface area contributed by atoms with Crippen LogP contribution in [0.1, 0.15) is 6.42 Å². The largest absolute Gasteiger partial charge is 0.396 e. The number of nitroso groups, excluding NO2 is 1. The Morgan fingerprint density at radius 2 is 2.00 bits per heavy atom. The van der Waals surface area contributed by atoms with Crippen LogP contribution in [0.4, 0.5) is 4.79 Å². The Kier molecular flexibility index (Phi) is 4.96. The van der Waals surface area contributed by atoms with E-state index in [9.17, 15) is 25.0 Å². The highest BCUT2D eigenvalue weighted by molar-refractivity contribution is 5.73. The normalized spacial score (nSPS) is 35.9. The maximum absolute atomic E-state index is 11.4. The van der Waals surface area contributed by atoms with E-state index in [1.807, 2.05) is 0 Å². The van der Waals surface area contributed by atoms with Crippen LogP contribution in [-0.2, 0) is 0 Å². The van der Waals surface area contributed by atoms with Crippen LogP contribution in [0.2, 0.25) is 0 Å². The van der Waals surface area contributed by atoms with Crippen molar-refractivity contribution in [3.05, 3.63) is 4.91 Å². The van der Waals surface area contributed by atoms with Crippen molar-refractivity contribution in [3.8, 4) is 0 Å². The number of rotatable bonds is 3. The Bertz CT molecular complexity index is 315. The molecule has 0 aliphatic heterocycles. The summed E-state index contributed by atoms with van der Waals surface area (Å²) in [6, 6.07) is -2.03. The van der Waals surface area contributed by atoms with Gasteiger partial charge >= 0.3 is 6.03 Å². The van der Waals surface area contributed by atoms with Gasteiger partial charge in [-0.15, -0.1) is 4.91 Å². The van der Waals surface area contributed by atoms with Gasteiger partial charge in [0, 0.05) is 19.6 Å². The number of nitrogens with zero attached hydrogens (tertiary/aromatic N) is 2. The third-order valence-corrected chi connectivity index (χ3v) is 3.10. The molecule has 0 bridgehead atoms. The lowest BCUT2D eigenvalue weighted by molar-refractivity contribution is -0.112. The van der Waals surface area contributed by atoms with Gasteiger partial charge in [0.25, 0.3) is 0 Å². The van der Waals surface area contributed by atoms with Crippen molar-refractivity contribution in [1.82, 2.24) is 10.3 Å². The summed E-state index contributed by atoms with van der Waals surface area (Å²) in [6.45, 7) is -0.383. The molecule has 5 atom stereocenters. The molecule has 0 saturated heterocycles. The van der Waals surface area contributed by atoms with Gasteiger partial charge in [-0.1, -0.05) is 0 Å². The summed E-state index contributed by atoms with van der Waals surface area (Å²) in [5.41, 5.74) is 0. The average Bonchev–Trinajstić information content (AvgIpc) is 2.37. The number of carbonyl (C=O) groups is 1. The quantitative estimate of drug-likeness (QED) is 0.288. The predicted octanol–water partition coefficient (Wildman–Crippen LogP) is -2.23. The monoisotopic (exact) mass is 263 g/mol. The highest BCUT2D eigenvalue weighted by atomic mass is 16.3. The second kappa shape index (κ2) is 6.05. The molecule has 1 aliphatic rings. The molecule has 1 rings (SSSR count). The maximum atomic E-state index is 11.4. The number of urea groups is 1. The van der Waals surface area contributed by atoms with E-state index < -0.39 is 36.3 Å². The Hall–Kier alpha value is -1.29. The number of aliphatic hydroxyl groups excluding tert-OH is 4. The Balaban J connectivity index is 2.71. The first-order valence-electron chi connectivity index (χ1n) is 5.45. The van der Waals surface area contributed by atoms with E-state index in [4.69, 9.17) is 5.11 Å². The van der Waals surface area contributed by atoms with Crippen molar-refractivity contribution in [2.45, 2.75) is 30.8 Å². The lowest BCUT2D eigenvalue weighted by atomic mass is 9.80. The molecule has 0 aromatic heterocycles. The van der Waals surface area contributed by atoms with Crippen molar-refractivity contribution in [2.75, 3.05) is 13.7 Å². The second-order valence-corrected chi connectivity index (χ2v) is 4.31. The maximum Gasteiger partial charge on any atom is 0.340 e. The van der Waals surface area contributed by atoms with Crippen LogP contribution in [0.5, 0.6) is 0 Å². The van der Waals surface area contributed by atoms with E-state index in [0.717, 1.165) is 7.05 Å². The van der Waals surface area contributed by atoms with Crippen LogP contribution in [0.25, 0.3) is 0 Å². The van der Waals surface area contributed by atoms with Gasteiger partial charge in [-0.25, -0.2) is 4.79 Å². The summed E-state index contributed by atoms with van der Waals surface area (Å²) in [4.78, 5) is 21.5. The van der Waals surface area contributed by atoms with Gasteiger partial charge in [-0.3, -0.25) is 0 Å². The molecule has 0 unspecified atom stereocenters. The zero-order chi connectivity index (χ0) is 13.9. The van der Waals surface area contributed by atoms with Gasteiger partial charge < -0.3 is 25.7 Å². The van der Waals surface area contributed by atoms with E-state index in [0.29, 0.717) is 5.01 Å². The smallest absolute Gasteiger partial charge is 0.340 e. The number of carbonyl (C=O) groups excluding carboxylic acids is 1. The zero-order valence-electron chi connectivity index (χ0n) is 9.80. The topological polar surface area (TPSA) is 143 Å². The SMILES string of the molecule is CN(N=O)C(=O)N[C@@H]1[C@@H](O)[C@H](O)[C@@H](CO)C[C@@H]1O. The molecule has 1 aliphatic carbocycles. The van der Waals surface area contributed by atoms with Crippen LogP contribution < -0.4 is 5.32 Å². The molecule has 5 N–H and O–H groups in total. The van der Waals surface area contributed by atoms with E-state index in [2.05, 4.69) is 10.6 Å². The summed E-state index contributed by atoms with van der Waals surface area (Å²) in [5.74, 6) is -0.662. The van der Waals surface area contributed by atoms with Crippen LogP contribution in [-0.4, -0.2) is 69.5 Å². The fourth-order valence-corrected chi connectivity index (χ4v) is 1.95. The van der Waals surface area contributed by atoms with Crippen molar-refractivity contribution >= 4 is 6.03 Å². The third-order valence-electron chi connectivity index (χ3n) is 3.10. The van der Waals surface area contributed by atoms with Crippen molar-refractivity contribution in [2.24, 2.45) is 11.2 Å². The van der Waals surface area contributed by atoms with Crippen molar-refractivity contribution in [3.63, 3.8) is 0 Å². The molecule has 0 radical (unpaired) electrons. The summed E-state index contributed by atoms with van der Waals surface area (Å²) in [7, 11) is 1.11. The molecule has 2 amide bonds. The number of aliphatic hydroxyl groups is 4. The second-order valence-electron chi connectivity index (χ2n) is 4.31. The lowest BCUT2D eigenvalue weighted by Gasteiger charge is -2.40. The first-order valence-corrected chi connectivity index (χ1v) is 5.45. The Morgan fingerprint density at radius 1 is 1.39 bits per heavy atom.